The molecule has 0 radical (unpaired) electrons. The van der Waals surface area contributed by atoms with Gasteiger partial charge in [0.15, 0.2) is 0 Å². The van der Waals surface area contributed by atoms with Crippen LogP contribution in [0.1, 0.15) is 54.0 Å². The lowest BCUT2D eigenvalue weighted by molar-refractivity contribution is 0.120. The quantitative estimate of drug-likeness (QED) is 0.780. The third-order valence-electron chi connectivity index (χ3n) is 2.26. The van der Waals surface area contributed by atoms with Gasteiger partial charge in [-0.1, -0.05) is 13.0 Å². The largest absolute Gasteiger partial charge is 0.488 e. The van der Waals surface area contributed by atoms with E-state index in [1.54, 1.807) is 0 Å². The van der Waals surface area contributed by atoms with Crippen LogP contribution < -0.4 is 9.47 Å². The fourth-order valence-corrected chi connectivity index (χ4v) is 1.67. The van der Waals surface area contributed by atoms with Crippen LogP contribution in [0.5, 0.6) is 11.5 Å². The lowest BCUT2D eigenvalue weighted by Crippen LogP contribution is -2.25. The Labute approximate surface area is 111 Å². The molecule has 0 aliphatic carbocycles. The summed E-state index contributed by atoms with van der Waals surface area (Å²) in [6, 6.07) is 6.09. The van der Waals surface area contributed by atoms with Crippen molar-refractivity contribution in [1.82, 2.24) is 0 Å². The molecule has 2 nitrogen and oxygen atoms in total. The average molecular weight is 250 g/mol. The molecule has 18 heavy (non-hydrogen) atoms. The summed E-state index contributed by atoms with van der Waals surface area (Å²) in [6.07, 6.45) is 0.960. The van der Waals surface area contributed by atoms with Gasteiger partial charge in [-0.3, -0.25) is 0 Å². The number of hydrogen-bond acceptors (Lipinski definition) is 2. The zero-order valence-electron chi connectivity index (χ0n) is 12.8. The SMILES string of the molecule is CCc1ccc(OC(C)(C)C)cc1OC(C)(C)C. The van der Waals surface area contributed by atoms with Crippen molar-refractivity contribution in [3.05, 3.63) is 23.8 Å². The van der Waals surface area contributed by atoms with E-state index in [4.69, 9.17) is 9.47 Å². The highest BCUT2D eigenvalue weighted by molar-refractivity contribution is 5.41. The number of benzene rings is 1. The summed E-state index contributed by atoms with van der Waals surface area (Å²) in [5.41, 5.74) is 0.836. The Balaban J connectivity index is 3.02. The van der Waals surface area contributed by atoms with Crippen molar-refractivity contribution in [3.8, 4) is 11.5 Å². The van der Waals surface area contributed by atoms with Gasteiger partial charge in [-0.05, 0) is 59.6 Å². The highest BCUT2D eigenvalue weighted by Crippen LogP contribution is 2.30. The van der Waals surface area contributed by atoms with Crippen LogP contribution in [0, 0.1) is 0 Å². The summed E-state index contributed by atoms with van der Waals surface area (Å²) in [6.45, 7) is 14.5. The number of aryl methyl sites for hydroxylation is 1. The minimum atomic E-state index is -0.190. The maximum Gasteiger partial charge on any atom is 0.126 e. The van der Waals surface area contributed by atoms with E-state index in [-0.39, 0.29) is 11.2 Å². The zero-order chi connectivity index (χ0) is 14.0. The fraction of sp³-hybridized carbons (Fsp3) is 0.625. The highest BCUT2D eigenvalue weighted by Gasteiger charge is 2.17. The van der Waals surface area contributed by atoms with Crippen LogP contribution in [-0.2, 0) is 6.42 Å². The Morgan fingerprint density at radius 2 is 1.44 bits per heavy atom. The lowest BCUT2D eigenvalue weighted by atomic mass is 10.1. The van der Waals surface area contributed by atoms with E-state index in [1.165, 1.54) is 5.56 Å². The maximum atomic E-state index is 6.00. The first kappa shape index (κ1) is 14.9. The van der Waals surface area contributed by atoms with E-state index in [9.17, 15) is 0 Å². The second-order valence-electron chi connectivity index (χ2n) is 6.55. The molecule has 1 rings (SSSR count). The molecule has 0 bridgehead atoms. The van der Waals surface area contributed by atoms with E-state index >= 15 is 0 Å². The topological polar surface area (TPSA) is 18.5 Å². The summed E-state index contributed by atoms with van der Waals surface area (Å²) < 4.78 is 11.9. The first-order valence-electron chi connectivity index (χ1n) is 6.62. The van der Waals surface area contributed by atoms with Gasteiger partial charge < -0.3 is 9.47 Å². The van der Waals surface area contributed by atoms with E-state index < -0.39 is 0 Å². The van der Waals surface area contributed by atoms with Crippen LogP contribution in [0.25, 0.3) is 0 Å². The van der Waals surface area contributed by atoms with Crippen molar-refractivity contribution in [2.24, 2.45) is 0 Å². The standard InChI is InChI=1S/C16H26O2/c1-8-12-9-10-13(17-15(2,3)4)11-14(12)18-16(5,6)7/h9-11H,8H2,1-7H3. The molecule has 1 aromatic rings. The summed E-state index contributed by atoms with van der Waals surface area (Å²) in [7, 11) is 0. The summed E-state index contributed by atoms with van der Waals surface area (Å²) in [5, 5.41) is 0. The third kappa shape index (κ3) is 4.99. The van der Waals surface area contributed by atoms with Crippen LogP contribution in [-0.4, -0.2) is 11.2 Å². The molecule has 0 N–H and O–H groups in total. The van der Waals surface area contributed by atoms with Crippen molar-refractivity contribution in [1.29, 1.82) is 0 Å². The number of ether oxygens (including phenoxy) is 2. The van der Waals surface area contributed by atoms with Crippen molar-refractivity contribution < 1.29 is 9.47 Å². The monoisotopic (exact) mass is 250 g/mol. The second kappa shape index (κ2) is 5.21. The van der Waals surface area contributed by atoms with Crippen LogP contribution in [0.4, 0.5) is 0 Å². The molecule has 0 heterocycles. The van der Waals surface area contributed by atoms with Crippen molar-refractivity contribution >= 4 is 0 Å². The minimum absolute atomic E-state index is 0.188. The molecule has 0 spiro atoms. The molecule has 2 heteroatoms. The summed E-state index contributed by atoms with van der Waals surface area (Å²) >= 11 is 0. The maximum absolute atomic E-state index is 6.00. The molecule has 0 unspecified atom stereocenters. The van der Waals surface area contributed by atoms with Crippen molar-refractivity contribution in [2.75, 3.05) is 0 Å². The molecule has 0 aromatic heterocycles. The predicted molar refractivity (Wildman–Crippen MR) is 76.6 cm³/mol. The highest BCUT2D eigenvalue weighted by atomic mass is 16.5. The first-order valence-corrected chi connectivity index (χ1v) is 6.62. The normalized spacial score (nSPS) is 12.4. The average Bonchev–Trinajstić information content (AvgIpc) is 2.12. The van der Waals surface area contributed by atoms with Gasteiger partial charge >= 0.3 is 0 Å². The Morgan fingerprint density at radius 3 is 1.89 bits per heavy atom. The van der Waals surface area contributed by atoms with Crippen LogP contribution in [0.3, 0.4) is 0 Å². The van der Waals surface area contributed by atoms with Gasteiger partial charge in [0, 0.05) is 6.07 Å². The van der Waals surface area contributed by atoms with Gasteiger partial charge in [0.1, 0.15) is 22.7 Å². The summed E-state index contributed by atoms with van der Waals surface area (Å²) in [4.78, 5) is 0. The lowest BCUT2D eigenvalue weighted by Gasteiger charge is -2.25. The molecule has 1 aromatic carbocycles. The second-order valence-corrected chi connectivity index (χ2v) is 6.55. The molecule has 0 amide bonds. The Hall–Kier alpha value is -1.18. The number of hydrogen-bond donors (Lipinski definition) is 0. The molecule has 0 saturated heterocycles. The van der Waals surface area contributed by atoms with E-state index in [2.05, 4.69) is 33.8 Å². The zero-order valence-corrected chi connectivity index (χ0v) is 12.8. The molecular formula is C16H26O2. The molecular weight excluding hydrogens is 224 g/mol. The minimum Gasteiger partial charge on any atom is -0.488 e. The van der Waals surface area contributed by atoms with Crippen molar-refractivity contribution in [3.63, 3.8) is 0 Å². The molecule has 0 atom stereocenters. The van der Waals surface area contributed by atoms with Crippen LogP contribution in [0.15, 0.2) is 18.2 Å². The van der Waals surface area contributed by atoms with E-state index in [1.807, 2.05) is 32.9 Å². The molecule has 102 valence electrons. The van der Waals surface area contributed by atoms with Gasteiger partial charge in [0.2, 0.25) is 0 Å². The molecule has 0 saturated carbocycles. The third-order valence-corrected chi connectivity index (χ3v) is 2.26. The smallest absolute Gasteiger partial charge is 0.126 e. The van der Waals surface area contributed by atoms with Crippen molar-refractivity contribution in [2.45, 2.75) is 66.1 Å². The first-order chi connectivity index (χ1) is 8.11. The fourth-order valence-electron chi connectivity index (χ4n) is 1.67. The van der Waals surface area contributed by atoms with Gasteiger partial charge in [-0.15, -0.1) is 0 Å². The molecule has 0 aliphatic rings. The summed E-state index contributed by atoms with van der Waals surface area (Å²) in [5.74, 6) is 1.78. The molecule has 0 fully saturated rings. The van der Waals surface area contributed by atoms with Gasteiger partial charge in [-0.2, -0.15) is 0 Å². The van der Waals surface area contributed by atoms with Gasteiger partial charge in [0.25, 0.3) is 0 Å². The Morgan fingerprint density at radius 1 is 0.889 bits per heavy atom. The van der Waals surface area contributed by atoms with Crippen LogP contribution >= 0.6 is 0 Å². The Kier molecular flexibility index (Phi) is 4.31. The van der Waals surface area contributed by atoms with Gasteiger partial charge in [0.05, 0.1) is 0 Å². The van der Waals surface area contributed by atoms with Gasteiger partial charge in [-0.25, -0.2) is 0 Å². The van der Waals surface area contributed by atoms with Crippen LogP contribution in [0.2, 0.25) is 0 Å². The van der Waals surface area contributed by atoms with E-state index in [0.717, 1.165) is 17.9 Å². The molecule has 0 aliphatic heterocycles. The van der Waals surface area contributed by atoms with E-state index in [0.29, 0.717) is 0 Å². The predicted octanol–water partition coefficient (Wildman–Crippen LogP) is 4.60. The number of rotatable bonds is 3. The Bertz CT molecular complexity index is 395.